The van der Waals surface area contributed by atoms with Crippen molar-refractivity contribution in [2.24, 2.45) is 0 Å². The molecule has 11 heteroatoms. The fourth-order valence-corrected chi connectivity index (χ4v) is 3.25. The number of nitrogens with zero attached hydrogens (tertiary/aromatic N) is 2. The highest BCUT2D eigenvalue weighted by Crippen LogP contribution is 2.11. The van der Waals surface area contributed by atoms with Crippen LogP contribution >= 0.6 is 11.6 Å². The van der Waals surface area contributed by atoms with E-state index in [9.17, 15) is 24.3 Å². The molecule has 3 N–H and O–H groups in total. The van der Waals surface area contributed by atoms with E-state index < -0.39 is 35.1 Å². The summed E-state index contributed by atoms with van der Waals surface area (Å²) in [5, 5.41) is 12.9. The maximum atomic E-state index is 13.1. The van der Waals surface area contributed by atoms with E-state index in [0.717, 1.165) is 5.56 Å². The molecular formula is C25H33ClN4O6. The van der Waals surface area contributed by atoms with Gasteiger partial charge >= 0.3 is 6.09 Å². The van der Waals surface area contributed by atoms with Crippen LogP contribution in [0, 0.1) is 0 Å². The second kappa shape index (κ2) is 12.5. The lowest BCUT2D eigenvalue weighted by Crippen LogP contribution is -2.46. The fraction of sp³-hybridized carbons (Fsp3) is 0.440. The Kier molecular flexibility index (Phi) is 10.1. The van der Waals surface area contributed by atoms with Crippen molar-refractivity contribution in [3.05, 3.63) is 68.6 Å². The lowest BCUT2D eigenvalue weighted by Gasteiger charge is -2.30. The average Bonchev–Trinajstić information content (AvgIpc) is 2.81. The number of amides is 3. The van der Waals surface area contributed by atoms with Crippen LogP contribution in [0.25, 0.3) is 0 Å². The van der Waals surface area contributed by atoms with E-state index in [0.29, 0.717) is 5.02 Å². The first-order valence-electron chi connectivity index (χ1n) is 11.4. The molecule has 1 aromatic heterocycles. The summed E-state index contributed by atoms with van der Waals surface area (Å²) in [5.74, 6) is -1.15. The van der Waals surface area contributed by atoms with E-state index in [-0.39, 0.29) is 37.5 Å². The van der Waals surface area contributed by atoms with Crippen molar-refractivity contribution in [2.45, 2.75) is 45.9 Å². The van der Waals surface area contributed by atoms with E-state index >= 15 is 0 Å². The number of benzene rings is 1. The summed E-state index contributed by atoms with van der Waals surface area (Å²) in [7, 11) is 1.54. The number of nitrogens with one attached hydrogen (secondary N) is 2. The fourth-order valence-electron chi connectivity index (χ4n) is 3.12. The van der Waals surface area contributed by atoms with Gasteiger partial charge in [0.15, 0.2) is 0 Å². The number of ether oxygens (including phenoxy) is 1. The van der Waals surface area contributed by atoms with Gasteiger partial charge in [0.1, 0.15) is 16.9 Å². The van der Waals surface area contributed by atoms with Crippen molar-refractivity contribution in [1.82, 2.24) is 20.1 Å². The Labute approximate surface area is 215 Å². The maximum Gasteiger partial charge on any atom is 0.410 e. The predicted molar refractivity (Wildman–Crippen MR) is 136 cm³/mol. The molecule has 0 fully saturated rings. The van der Waals surface area contributed by atoms with E-state index in [1.165, 1.54) is 21.9 Å². The van der Waals surface area contributed by atoms with Gasteiger partial charge in [-0.15, -0.1) is 0 Å². The quantitative estimate of drug-likeness (QED) is 0.465. The van der Waals surface area contributed by atoms with Gasteiger partial charge in [-0.25, -0.2) is 4.79 Å². The van der Waals surface area contributed by atoms with Crippen molar-refractivity contribution >= 4 is 29.5 Å². The third-order valence-corrected chi connectivity index (χ3v) is 5.44. The zero-order valence-corrected chi connectivity index (χ0v) is 21.9. The van der Waals surface area contributed by atoms with Crippen LogP contribution in [0.2, 0.25) is 5.02 Å². The number of hydrogen-bond donors (Lipinski definition) is 3. The molecule has 36 heavy (non-hydrogen) atoms. The van der Waals surface area contributed by atoms with Crippen molar-refractivity contribution in [1.29, 1.82) is 0 Å². The number of aliphatic hydroxyl groups is 1. The van der Waals surface area contributed by atoms with Gasteiger partial charge in [0.25, 0.3) is 17.4 Å². The molecule has 0 aliphatic carbocycles. The molecule has 0 aliphatic heterocycles. The van der Waals surface area contributed by atoms with Crippen LogP contribution in [0.3, 0.4) is 0 Å². The first kappa shape index (κ1) is 28.9. The smallest absolute Gasteiger partial charge is 0.410 e. The monoisotopic (exact) mass is 520 g/mol. The number of aliphatic hydroxyl groups excluding tert-OH is 1. The number of rotatable bonds is 9. The minimum Gasteiger partial charge on any atom is -0.444 e. The molecule has 2 rings (SSSR count). The first-order chi connectivity index (χ1) is 16.8. The van der Waals surface area contributed by atoms with Crippen LogP contribution in [-0.4, -0.2) is 76.2 Å². The van der Waals surface area contributed by atoms with Crippen LogP contribution in [0.1, 0.15) is 54.1 Å². The third-order valence-electron chi connectivity index (χ3n) is 5.19. The molecular weight excluding hydrogens is 488 g/mol. The third kappa shape index (κ3) is 8.39. The zero-order chi connectivity index (χ0) is 27.0. The van der Waals surface area contributed by atoms with Crippen molar-refractivity contribution in [2.75, 3.05) is 26.7 Å². The number of likely N-dealkylation sites (N-methyl/N-ethyl adjacent to an activating group) is 1. The first-order valence-corrected chi connectivity index (χ1v) is 11.8. The highest BCUT2D eigenvalue weighted by atomic mass is 35.5. The van der Waals surface area contributed by atoms with Crippen LogP contribution in [0.15, 0.2) is 41.2 Å². The van der Waals surface area contributed by atoms with E-state index in [4.69, 9.17) is 16.3 Å². The molecule has 1 atom stereocenters. The molecule has 1 unspecified atom stereocenters. The summed E-state index contributed by atoms with van der Waals surface area (Å²) in [6.45, 7) is 6.99. The van der Waals surface area contributed by atoms with Gasteiger partial charge in [-0.2, -0.15) is 0 Å². The van der Waals surface area contributed by atoms with Crippen molar-refractivity contribution in [3.63, 3.8) is 0 Å². The molecule has 196 valence electrons. The Bertz CT molecular complexity index is 1130. The molecule has 0 saturated carbocycles. The Morgan fingerprint density at radius 1 is 1.11 bits per heavy atom. The topological polar surface area (TPSA) is 132 Å². The number of carbonyl (C=O) groups is 3. The number of halogens is 1. The van der Waals surface area contributed by atoms with Gasteiger partial charge in [-0.1, -0.05) is 23.7 Å². The summed E-state index contributed by atoms with van der Waals surface area (Å²) in [4.78, 5) is 55.5. The minimum atomic E-state index is -0.725. The number of carbonyl (C=O) groups excluding carboxylic acids is 3. The molecule has 10 nitrogen and oxygen atoms in total. The lowest BCUT2D eigenvalue weighted by atomic mass is 10.2. The number of pyridine rings is 1. The predicted octanol–water partition coefficient (Wildman–Crippen LogP) is 2.65. The summed E-state index contributed by atoms with van der Waals surface area (Å²) in [5.41, 5.74) is -0.777. The highest BCUT2D eigenvalue weighted by Gasteiger charge is 2.25. The molecule has 1 heterocycles. The largest absolute Gasteiger partial charge is 0.444 e. The molecule has 0 saturated heterocycles. The lowest BCUT2D eigenvalue weighted by molar-refractivity contribution is 0.0258. The molecule has 0 bridgehead atoms. The van der Waals surface area contributed by atoms with Gasteiger partial charge in [0.05, 0.1) is 12.6 Å². The molecule has 1 aromatic carbocycles. The summed E-state index contributed by atoms with van der Waals surface area (Å²) >= 11 is 5.85. The van der Waals surface area contributed by atoms with Crippen molar-refractivity contribution in [3.8, 4) is 0 Å². The second-order valence-electron chi connectivity index (χ2n) is 9.36. The molecule has 0 aliphatic rings. The van der Waals surface area contributed by atoms with Gasteiger partial charge < -0.3 is 29.9 Å². The number of aromatic amines is 1. The summed E-state index contributed by atoms with van der Waals surface area (Å²) < 4.78 is 5.31. The highest BCUT2D eigenvalue weighted by molar-refractivity contribution is 6.30. The SMILES string of the molecule is CC(CO)N(CCN(C)C(=O)OC(C)(C)C)C(=O)c1ccc(C(=O)NCc2ccc(Cl)cc2)c(=O)[nH]1. The Morgan fingerprint density at radius 2 is 1.75 bits per heavy atom. The Morgan fingerprint density at radius 3 is 2.31 bits per heavy atom. The van der Waals surface area contributed by atoms with Gasteiger partial charge in [-0.05, 0) is 57.5 Å². The van der Waals surface area contributed by atoms with Gasteiger partial charge in [0.2, 0.25) is 0 Å². The number of hydrogen-bond acceptors (Lipinski definition) is 6. The minimum absolute atomic E-state index is 0.0468. The normalized spacial score (nSPS) is 12.0. The van der Waals surface area contributed by atoms with Crippen LogP contribution in [0.4, 0.5) is 4.79 Å². The number of aromatic nitrogens is 1. The van der Waals surface area contributed by atoms with Crippen LogP contribution < -0.4 is 10.9 Å². The van der Waals surface area contributed by atoms with E-state index in [2.05, 4.69) is 10.3 Å². The molecule has 2 aromatic rings. The van der Waals surface area contributed by atoms with E-state index in [1.54, 1.807) is 59.0 Å². The van der Waals surface area contributed by atoms with Crippen LogP contribution in [-0.2, 0) is 11.3 Å². The summed E-state index contributed by atoms with van der Waals surface area (Å²) in [6, 6.07) is 8.93. The average molecular weight is 521 g/mol. The summed E-state index contributed by atoms with van der Waals surface area (Å²) in [6.07, 6.45) is -0.547. The molecule has 0 spiro atoms. The Hall–Kier alpha value is -3.37. The molecule has 0 radical (unpaired) electrons. The van der Waals surface area contributed by atoms with Gasteiger partial charge in [-0.3, -0.25) is 14.4 Å². The molecule has 3 amide bonds. The Balaban J connectivity index is 2.09. The van der Waals surface area contributed by atoms with E-state index in [1.807, 2.05) is 0 Å². The number of H-pyrrole nitrogens is 1. The zero-order valence-electron chi connectivity index (χ0n) is 21.1. The standard InChI is InChI=1S/C25H33ClN4O6/c1-16(15-31)30(13-12-29(5)24(35)36-25(2,3)4)23(34)20-11-10-19(22(33)28-20)21(32)27-14-17-6-8-18(26)9-7-17/h6-11,16,31H,12-15H2,1-5H3,(H,27,32)(H,28,33). The van der Waals surface area contributed by atoms with Crippen LogP contribution in [0.5, 0.6) is 0 Å². The maximum absolute atomic E-state index is 13.1. The van der Waals surface area contributed by atoms with Gasteiger partial charge in [0, 0.05) is 31.7 Å². The van der Waals surface area contributed by atoms with Crippen molar-refractivity contribution < 1.29 is 24.2 Å². The second-order valence-corrected chi connectivity index (χ2v) is 9.79.